The number of carbonyl (C=O) groups is 1. The van der Waals surface area contributed by atoms with Gasteiger partial charge in [0.2, 0.25) is 5.90 Å². The van der Waals surface area contributed by atoms with Crippen molar-refractivity contribution >= 4 is 17.9 Å². The molecule has 6 nitrogen and oxygen atoms in total. The molecule has 3 rings (SSSR count). The minimum absolute atomic E-state index is 0.238. The van der Waals surface area contributed by atoms with Crippen molar-refractivity contribution < 1.29 is 23.7 Å². The van der Waals surface area contributed by atoms with E-state index in [2.05, 4.69) is 4.99 Å². The zero-order chi connectivity index (χ0) is 19.2. The molecule has 1 heterocycles. The number of aliphatic imine (C=N–C) groups is 1. The molecule has 0 spiro atoms. The highest BCUT2D eigenvalue weighted by molar-refractivity contribution is 6.13. The molecule has 0 atom stereocenters. The van der Waals surface area contributed by atoms with Crippen LogP contribution in [0.25, 0.3) is 6.08 Å². The van der Waals surface area contributed by atoms with Gasteiger partial charge in [-0.25, -0.2) is 9.79 Å². The van der Waals surface area contributed by atoms with Crippen LogP contribution in [0.3, 0.4) is 0 Å². The molecule has 0 radical (unpaired) electrons. The van der Waals surface area contributed by atoms with Crippen molar-refractivity contribution in [2.24, 2.45) is 4.99 Å². The van der Waals surface area contributed by atoms with Crippen molar-refractivity contribution in [2.75, 3.05) is 20.3 Å². The smallest absolute Gasteiger partial charge is 0.363 e. The number of esters is 1. The zero-order valence-corrected chi connectivity index (χ0v) is 15.5. The molecule has 0 saturated carbocycles. The Labute approximate surface area is 158 Å². The summed E-state index contributed by atoms with van der Waals surface area (Å²) in [6.07, 6.45) is 1.67. The molecule has 27 heavy (non-hydrogen) atoms. The van der Waals surface area contributed by atoms with Crippen molar-refractivity contribution in [1.82, 2.24) is 0 Å². The van der Waals surface area contributed by atoms with E-state index < -0.39 is 5.97 Å². The van der Waals surface area contributed by atoms with Gasteiger partial charge in [-0.05, 0) is 55.8 Å². The standard InChI is InChI=1S/C21H21NO5/c1-4-25-18-11-8-15(13-19(18)26-5-2)20-22-17(21(23)27-20)12-14-6-9-16(24-3)10-7-14/h6-13H,4-5H2,1-3H3. The van der Waals surface area contributed by atoms with Gasteiger partial charge in [-0.1, -0.05) is 12.1 Å². The summed E-state index contributed by atoms with van der Waals surface area (Å²) < 4.78 is 21.6. The average molecular weight is 367 g/mol. The van der Waals surface area contributed by atoms with Crippen molar-refractivity contribution in [2.45, 2.75) is 13.8 Å². The van der Waals surface area contributed by atoms with Crippen LogP contribution < -0.4 is 14.2 Å². The monoisotopic (exact) mass is 367 g/mol. The Balaban J connectivity index is 1.88. The Morgan fingerprint density at radius 3 is 2.37 bits per heavy atom. The number of hydrogen-bond acceptors (Lipinski definition) is 6. The fourth-order valence-corrected chi connectivity index (χ4v) is 2.57. The van der Waals surface area contributed by atoms with Gasteiger partial charge in [0.1, 0.15) is 5.75 Å². The molecule has 0 unspecified atom stereocenters. The second-order valence-corrected chi connectivity index (χ2v) is 5.64. The molecule has 0 fully saturated rings. The fraction of sp³-hybridized carbons (Fsp3) is 0.238. The summed E-state index contributed by atoms with van der Waals surface area (Å²) in [5.74, 6) is 1.72. The lowest BCUT2D eigenvalue weighted by atomic mass is 10.2. The quantitative estimate of drug-likeness (QED) is 0.549. The van der Waals surface area contributed by atoms with Gasteiger partial charge in [0.05, 0.1) is 20.3 Å². The van der Waals surface area contributed by atoms with Gasteiger partial charge in [-0.15, -0.1) is 0 Å². The van der Waals surface area contributed by atoms with E-state index in [1.807, 2.05) is 38.1 Å². The third kappa shape index (κ3) is 4.28. The minimum atomic E-state index is -0.493. The van der Waals surface area contributed by atoms with E-state index in [0.717, 1.165) is 11.3 Å². The second-order valence-electron chi connectivity index (χ2n) is 5.64. The topological polar surface area (TPSA) is 66.4 Å². The number of benzene rings is 2. The molecule has 0 amide bonds. The number of carbonyl (C=O) groups excluding carboxylic acids is 1. The van der Waals surface area contributed by atoms with Gasteiger partial charge in [0, 0.05) is 5.56 Å². The van der Waals surface area contributed by atoms with Crippen LogP contribution in [0.5, 0.6) is 17.2 Å². The van der Waals surface area contributed by atoms with Crippen LogP contribution in [0, 0.1) is 0 Å². The van der Waals surface area contributed by atoms with E-state index in [-0.39, 0.29) is 11.6 Å². The fourth-order valence-electron chi connectivity index (χ4n) is 2.57. The van der Waals surface area contributed by atoms with Gasteiger partial charge in [0.25, 0.3) is 0 Å². The predicted octanol–water partition coefficient (Wildman–Crippen LogP) is 3.84. The van der Waals surface area contributed by atoms with E-state index in [0.29, 0.717) is 30.3 Å². The van der Waals surface area contributed by atoms with E-state index in [1.54, 1.807) is 31.4 Å². The van der Waals surface area contributed by atoms with Crippen molar-refractivity contribution in [1.29, 1.82) is 0 Å². The summed E-state index contributed by atoms with van der Waals surface area (Å²) in [4.78, 5) is 16.5. The number of cyclic esters (lactones) is 1. The van der Waals surface area contributed by atoms with Crippen LogP contribution >= 0.6 is 0 Å². The lowest BCUT2D eigenvalue weighted by Crippen LogP contribution is -2.06. The van der Waals surface area contributed by atoms with E-state index in [9.17, 15) is 4.79 Å². The highest BCUT2D eigenvalue weighted by Gasteiger charge is 2.25. The van der Waals surface area contributed by atoms with E-state index >= 15 is 0 Å². The molecule has 140 valence electrons. The Bertz CT molecular complexity index is 884. The maximum Gasteiger partial charge on any atom is 0.363 e. The SMILES string of the molecule is CCOc1ccc(C2=NC(=Cc3ccc(OC)cc3)C(=O)O2)cc1OCC. The van der Waals surface area contributed by atoms with Gasteiger partial charge < -0.3 is 18.9 Å². The molecule has 0 aliphatic carbocycles. The molecule has 2 aromatic carbocycles. The van der Waals surface area contributed by atoms with Crippen LogP contribution in [-0.2, 0) is 9.53 Å². The lowest BCUT2D eigenvalue weighted by molar-refractivity contribution is -0.129. The second kappa shape index (κ2) is 8.40. The number of nitrogens with zero attached hydrogens (tertiary/aromatic N) is 1. The summed E-state index contributed by atoms with van der Waals surface area (Å²) >= 11 is 0. The summed E-state index contributed by atoms with van der Waals surface area (Å²) in [5, 5.41) is 0. The lowest BCUT2D eigenvalue weighted by Gasteiger charge is -2.11. The predicted molar refractivity (Wildman–Crippen MR) is 102 cm³/mol. The number of ether oxygens (including phenoxy) is 4. The number of hydrogen-bond donors (Lipinski definition) is 0. The zero-order valence-electron chi connectivity index (χ0n) is 15.5. The first-order valence-corrected chi connectivity index (χ1v) is 8.71. The maximum atomic E-state index is 12.2. The molecular formula is C21H21NO5. The third-order valence-electron chi connectivity index (χ3n) is 3.83. The Morgan fingerprint density at radius 2 is 1.70 bits per heavy atom. The number of rotatable bonds is 7. The molecule has 1 aliphatic heterocycles. The first kappa shape index (κ1) is 18.5. The highest BCUT2D eigenvalue weighted by Crippen LogP contribution is 2.30. The average Bonchev–Trinajstić information content (AvgIpc) is 3.04. The minimum Gasteiger partial charge on any atom is -0.497 e. The molecule has 1 aliphatic rings. The first-order chi connectivity index (χ1) is 13.1. The van der Waals surface area contributed by atoms with Gasteiger partial charge in [0.15, 0.2) is 17.2 Å². The Hall–Kier alpha value is -3.28. The summed E-state index contributed by atoms with van der Waals surface area (Å²) in [6.45, 7) is 4.83. The van der Waals surface area contributed by atoms with Crippen LogP contribution in [0.4, 0.5) is 0 Å². The summed E-state index contributed by atoms with van der Waals surface area (Å²) in [6, 6.07) is 12.7. The summed E-state index contributed by atoms with van der Waals surface area (Å²) in [5.41, 5.74) is 1.71. The third-order valence-corrected chi connectivity index (χ3v) is 3.83. The molecular weight excluding hydrogens is 346 g/mol. The van der Waals surface area contributed by atoms with Gasteiger partial charge in [-0.2, -0.15) is 0 Å². The van der Waals surface area contributed by atoms with E-state index in [4.69, 9.17) is 18.9 Å². The van der Waals surface area contributed by atoms with Crippen LogP contribution in [0.1, 0.15) is 25.0 Å². The van der Waals surface area contributed by atoms with Crippen LogP contribution in [0.2, 0.25) is 0 Å². The van der Waals surface area contributed by atoms with Crippen LogP contribution in [-0.4, -0.2) is 32.2 Å². The first-order valence-electron chi connectivity index (χ1n) is 8.71. The molecule has 0 saturated heterocycles. The maximum absolute atomic E-state index is 12.2. The summed E-state index contributed by atoms with van der Waals surface area (Å²) in [7, 11) is 1.60. The molecule has 0 bridgehead atoms. The largest absolute Gasteiger partial charge is 0.497 e. The van der Waals surface area contributed by atoms with Crippen LogP contribution in [0.15, 0.2) is 53.2 Å². The van der Waals surface area contributed by atoms with E-state index in [1.165, 1.54) is 0 Å². The van der Waals surface area contributed by atoms with Crippen molar-refractivity contribution in [3.05, 3.63) is 59.3 Å². The van der Waals surface area contributed by atoms with Crippen molar-refractivity contribution in [3.8, 4) is 17.2 Å². The number of methoxy groups -OCH3 is 1. The Kier molecular flexibility index (Phi) is 5.76. The van der Waals surface area contributed by atoms with Crippen molar-refractivity contribution in [3.63, 3.8) is 0 Å². The highest BCUT2D eigenvalue weighted by atomic mass is 16.6. The van der Waals surface area contributed by atoms with Gasteiger partial charge in [-0.3, -0.25) is 0 Å². The molecule has 2 aromatic rings. The Morgan fingerprint density at radius 1 is 1.00 bits per heavy atom. The molecule has 6 heteroatoms. The van der Waals surface area contributed by atoms with Gasteiger partial charge >= 0.3 is 5.97 Å². The normalized spacial score (nSPS) is 14.7. The molecule has 0 aromatic heterocycles. The molecule has 0 N–H and O–H groups in total.